The van der Waals surface area contributed by atoms with E-state index < -0.39 is 6.04 Å². The van der Waals surface area contributed by atoms with Crippen molar-refractivity contribution in [1.29, 1.82) is 0 Å². The third-order valence-electron chi connectivity index (χ3n) is 6.42. The summed E-state index contributed by atoms with van der Waals surface area (Å²) >= 11 is 0. The number of aromatic nitrogens is 3. The number of rotatable bonds is 5. The fraction of sp³-hybridized carbons (Fsp3) is 0.333. The van der Waals surface area contributed by atoms with Gasteiger partial charge in [0.2, 0.25) is 5.91 Å². The standard InChI is InChI=1S/C24H26N6O2.2ClH/c1-14-17(6-9-21(25)28-14)12-27-23(31)20-8-7-19-13-26-22(24(32)30(19)20)29-18-10-15-4-2-3-5-16(15)11-18;;/h2-6,9,13,18,20H,7-8,10-12H2,1H3,(H2,25,28)(H,26,29)(H,27,31);2*1H/t20-;;/m0../s1. The Balaban J connectivity index is 0.00000162. The Morgan fingerprint density at radius 3 is 2.53 bits per heavy atom. The second kappa shape index (κ2) is 10.4. The van der Waals surface area contributed by atoms with Gasteiger partial charge < -0.3 is 16.4 Å². The maximum absolute atomic E-state index is 13.2. The highest BCUT2D eigenvalue weighted by Crippen LogP contribution is 2.26. The Kier molecular flexibility index (Phi) is 7.84. The number of aryl methyl sites for hydroxylation is 2. The van der Waals surface area contributed by atoms with Crippen molar-refractivity contribution in [3.05, 3.63) is 81.0 Å². The topological polar surface area (TPSA) is 115 Å². The van der Waals surface area contributed by atoms with Crippen LogP contribution >= 0.6 is 24.8 Å². The number of halogens is 2. The van der Waals surface area contributed by atoms with E-state index in [2.05, 4.69) is 32.7 Å². The van der Waals surface area contributed by atoms with Gasteiger partial charge in [-0.3, -0.25) is 14.2 Å². The molecule has 0 bridgehead atoms. The number of anilines is 2. The number of nitrogens with two attached hydrogens (primary N) is 1. The van der Waals surface area contributed by atoms with E-state index in [0.29, 0.717) is 31.0 Å². The van der Waals surface area contributed by atoms with Crippen molar-refractivity contribution in [2.24, 2.45) is 0 Å². The van der Waals surface area contributed by atoms with Gasteiger partial charge in [-0.1, -0.05) is 30.3 Å². The first kappa shape index (κ1) is 25.5. The summed E-state index contributed by atoms with van der Waals surface area (Å²) in [4.78, 5) is 34.8. The summed E-state index contributed by atoms with van der Waals surface area (Å²) in [7, 11) is 0. The zero-order valence-electron chi connectivity index (χ0n) is 18.8. The van der Waals surface area contributed by atoms with Crippen molar-refractivity contribution in [2.75, 3.05) is 11.1 Å². The molecule has 34 heavy (non-hydrogen) atoms. The predicted octanol–water partition coefficient (Wildman–Crippen LogP) is 2.76. The molecule has 1 atom stereocenters. The van der Waals surface area contributed by atoms with Gasteiger partial charge in [0, 0.05) is 30.2 Å². The van der Waals surface area contributed by atoms with E-state index in [-0.39, 0.29) is 42.3 Å². The average Bonchev–Trinajstić information content (AvgIpc) is 3.39. The van der Waals surface area contributed by atoms with Crippen LogP contribution in [0.25, 0.3) is 0 Å². The average molecular weight is 503 g/mol. The second-order valence-electron chi connectivity index (χ2n) is 8.54. The molecular weight excluding hydrogens is 475 g/mol. The molecule has 1 aliphatic heterocycles. The maximum atomic E-state index is 13.2. The van der Waals surface area contributed by atoms with Crippen LogP contribution in [0.2, 0.25) is 0 Å². The van der Waals surface area contributed by atoms with Crippen LogP contribution in [0.3, 0.4) is 0 Å². The van der Waals surface area contributed by atoms with Crippen molar-refractivity contribution >= 4 is 42.4 Å². The number of nitrogens with zero attached hydrogens (tertiary/aromatic N) is 3. The van der Waals surface area contributed by atoms with E-state index in [4.69, 9.17) is 5.73 Å². The van der Waals surface area contributed by atoms with Gasteiger partial charge in [0.25, 0.3) is 5.56 Å². The summed E-state index contributed by atoms with van der Waals surface area (Å²) in [6.45, 7) is 2.20. The van der Waals surface area contributed by atoms with Gasteiger partial charge in [-0.2, -0.15) is 0 Å². The Hall–Kier alpha value is -3.10. The van der Waals surface area contributed by atoms with E-state index in [1.807, 2.05) is 25.1 Å². The number of hydrogen-bond donors (Lipinski definition) is 3. The fourth-order valence-electron chi connectivity index (χ4n) is 4.74. The van der Waals surface area contributed by atoms with Gasteiger partial charge in [-0.15, -0.1) is 24.8 Å². The van der Waals surface area contributed by atoms with Gasteiger partial charge in [-0.25, -0.2) is 9.97 Å². The van der Waals surface area contributed by atoms with E-state index in [1.165, 1.54) is 11.1 Å². The number of pyridine rings is 1. The fourth-order valence-corrected chi connectivity index (χ4v) is 4.74. The molecule has 0 unspecified atom stereocenters. The van der Waals surface area contributed by atoms with Crippen LogP contribution in [-0.2, 0) is 30.6 Å². The lowest BCUT2D eigenvalue weighted by atomic mass is 10.1. The zero-order chi connectivity index (χ0) is 22.2. The Labute approximate surface area is 210 Å². The van der Waals surface area contributed by atoms with Crippen molar-refractivity contribution < 1.29 is 4.79 Å². The van der Waals surface area contributed by atoms with Crippen molar-refractivity contribution in [1.82, 2.24) is 19.9 Å². The molecule has 1 aliphatic carbocycles. The van der Waals surface area contributed by atoms with Gasteiger partial charge in [0.1, 0.15) is 11.9 Å². The molecule has 3 aromatic rings. The van der Waals surface area contributed by atoms with Crippen LogP contribution in [-0.4, -0.2) is 26.5 Å². The summed E-state index contributed by atoms with van der Waals surface area (Å²) in [6, 6.07) is 11.5. The monoisotopic (exact) mass is 502 g/mol. The summed E-state index contributed by atoms with van der Waals surface area (Å²) in [5.41, 5.74) is 10.5. The van der Waals surface area contributed by atoms with Crippen molar-refractivity contribution in [3.8, 4) is 0 Å². The molecule has 2 aliphatic rings. The lowest BCUT2D eigenvalue weighted by Crippen LogP contribution is -2.37. The van der Waals surface area contributed by atoms with Crippen LogP contribution in [0.4, 0.5) is 11.6 Å². The molecule has 0 saturated carbocycles. The number of benzene rings is 1. The maximum Gasteiger partial charge on any atom is 0.294 e. The number of amides is 1. The van der Waals surface area contributed by atoms with Crippen LogP contribution in [0.15, 0.2) is 47.4 Å². The molecule has 1 aromatic carbocycles. The van der Waals surface area contributed by atoms with Gasteiger partial charge in [0.15, 0.2) is 5.82 Å². The van der Waals surface area contributed by atoms with E-state index >= 15 is 0 Å². The minimum atomic E-state index is -0.538. The summed E-state index contributed by atoms with van der Waals surface area (Å²) < 4.78 is 1.60. The Morgan fingerprint density at radius 2 is 1.85 bits per heavy atom. The molecule has 3 heterocycles. The lowest BCUT2D eigenvalue weighted by molar-refractivity contribution is -0.124. The van der Waals surface area contributed by atoms with Crippen molar-refractivity contribution in [3.63, 3.8) is 0 Å². The molecule has 0 radical (unpaired) electrons. The van der Waals surface area contributed by atoms with Crippen LogP contribution in [0.5, 0.6) is 0 Å². The molecule has 5 rings (SSSR count). The number of hydrogen-bond acceptors (Lipinski definition) is 6. The second-order valence-corrected chi connectivity index (χ2v) is 8.54. The molecule has 8 nitrogen and oxygen atoms in total. The zero-order valence-corrected chi connectivity index (χ0v) is 20.4. The molecule has 4 N–H and O–H groups in total. The molecule has 180 valence electrons. The van der Waals surface area contributed by atoms with Gasteiger partial charge in [0.05, 0.1) is 0 Å². The highest BCUT2D eigenvalue weighted by atomic mass is 35.5. The molecule has 0 spiro atoms. The molecule has 1 amide bonds. The third kappa shape index (κ3) is 4.88. The summed E-state index contributed by atoms with van der Waals surface area (Å²) in [6.07, 6.45) is 4.67. The summed E-state index contributed by atoms with van der Waals surface area (Å²) in [5.74, 6) is 0.587. The molecular formula is C24H28Cl2N6O2. The first-order chi connectivity index (χ1) is 15.5. The number of nitrogens with one attached hydrogen (secondary N) is 2. The highest BCUT2D eigenvalue weighted by Gasteiger charge is 2.31. The minimum Gasteiger partial charge on any atom is -0.384 e. The van der Waals surface area contributed by atoms with Crippen LogP contribution in [0.1, 0.15) is 40.5 Å². The number of carbonyl (C=O) groups excluding carboxylic acids is 1. The third-order valence-corrected chi connectivity index (χ3v) is 6.42. The molecule has 0 fully saturated rings. The molecule has 2 aromatic heterocycles. The first-order valence-electron chi connectivity index (χ1n) is 10.9. The van der Waals surface area contributed by atoms with E-state index in [1.54, 1.807) is 16.8 Å². The molecule has 0 saturated heterocycles. The quantitative estimate of drug-likeness (QED) is 0.494. The number of nitrogen functional groups attached to an aromatic ring is 1. The SMILES string of the molecule is Cc1nc(N)ccc1CNC(=O)[C@@H]1CCc2cnc(NC3Cc4ccccc4C3)c(=O)n21.Cl.Cl. The van der Waals surface area contributed by atoms with E-state index in [0.717, 1.165) is 29.8 Å². The Bertz CT molecular complexity index is 1240. The lowest BCUT2D eigenvalue weighted by Gasteiger charge is -2.18. The number of fused-ring (bicyclic) bond motifs is 2. The minimum absolute atomic E-state index is 0. The smallest absolute Gasteiger partial charge is 0.294 e. The van der Waals surface area contributed by atoms with Crippen molar-refractivity contribution in [2.45, 2.75) is 51.2 Å². The largest absolute Gasteiger partial charge is 0.384 e. The summed E-state index contributed by atoms with van der Waals surface area (Å²) in [5, 5.41) is 6.27. The highest BCUT2D eigenvalue weighted by molar-refractivity contribution is 5.85. The van der Waals surface area contributed by atoms with Gasteiger partial charge in [-0.05, 0) is 55.4 Å². The normalized spacial score (nSPS) is 16.1. The van der Waals surface area contributed by atoms with E-state index in [9.17, 15) is 9.59 Å². The first-order valence-corrected chi connectivity index (χ1v) is 10.9. The molecule has 10 heteroatoms. The Morgan fingerprint density at radius 1 is 1.15 bits per heavy atom. The predicted molar refractivity (Wildman–Crippen MR) is 137 cm³/mol. The van der Waals surface area contributed by atoms with Crippen LogP contribution in [0, 0.1) is 6.92 Å². The number of carbonyl (C=O) groups is 1. The van der Waals surface area contributed by atoms with Gasteiger partial charge >= 0.3 is 0 Å². The van der Waals surface area contributed by atoms with Crippen LogP contribution < -0.4 is 21.9 Å².